The number of imidazole rings is 2. The smallest absolute Gasteiger partial charge is 0.281 e. The molecule has 6 aromatic rings. The Morgan fingerprint density at radius 1 is 0.614 bits per heavy atom. The second kappa shape index (κ2) is 13.5. The van der Waals surface area contributed by atoms with E-state index >= 15 is 0 Å². The number of carbonyl (C=O) groups is 1. The van der Waals surface area contributed by atoms with Crippen LogP contribution in [0.1, 0.15) is 34.6 Å². The maximum absolute atomic E-state index is 13.0. The predicted molar refractivity (Wildman–Crippen MR) is 164 cm³/mol. The summed E-state index contributed by atoms with van der Waals surface area (Å²) in [6.07, 6.45) is -2.57. The molecule has 0 unspecified atom stereocenters. The second-order valence-electron chi connectivity index (χ2n) is 9.44. The molecule has 2 heterocycles. The standard InChI is InChI=1S/C17H13F2N3O.C16H11BrF2N2/c18-15(19)14-10-22(13-8-6-11(7-9-13)16(20)23)17(21-14)12-4-2-1-3-5-12;17-12-6-8-13(9-7-12)21-10-14(15(18)19)20-16(21)11-4-2-1-3-5-11/h1-10,15H,(H2,20,23);1-10,15H. The summed E-state index contributed by atoms with van der Waals surface area (Å²) >= 11 is 3.36. The summed E-state index contributed by atoms with van der Waals surface area (Å²) in [5.74, 6) is 0.375. The zero-order chi connectivity index (χ0) is 31.2. The predicted octanol–water partition coefficient (Wildman–Crippen LogP) is 8.82. The number of carbonyl (C=O) groups excluding carboxylic acids is 1. The molecular formula is C33H24BrF4N5O. The highest BCUT2D eigenvalue weighted by atomic mass is 79.9. The third kappa shape index (κ3) is 6.95. The molecule has 0 fully saturated rings. The summed E-state index contributed by atoms with van der Waals surface area (Å²) in [6.45, 7) is 0. The molecule has 0 spiro atoms. The number of nitrogens with zero attached hydrogens (tertiary/aromatic N) is 4. The second-order valence-corrected chi connectivity index (χ2v) is 10.4. The first kappa shape index (κ1) is 30.4. The number of hydrogen-bond acceptors (Lipinski definition) is 3. The Bertz CT molecular complexity index is 1840. The lowest BCUT2D eigenvalue weighted by Crippen LogP contribution is -2.10. The van der Waals surface area contributed by atoms with E-state index in [9.17, 15) is 22.4 Å². The molecule has 0 saturated carbocycles. The van der Waals surface area contributed by atoms with Crippen LogP contribution in [0, 0.1) is 0 Å². The van der Waals surface area contributed by atoms with Crippen LogP contribution < -0.4 is 5.73 Å². The number of primary amides is 1. The Morgan fingerprint density at radius 2 is 1.00 bits per heavy atom. The minimum absolute atomic E-state index is 0.225. The Labute approximate surface area is 258 Å². The molecule has 2 aromatic heterocycles. The van der Waals surface area contributed by atoms with Gasteiger partial charge in [0.25, 0.3) is 12.9 Å². The molecule has 6 rings (SSSR count). The first-order valence-electron chi connectivity index (χ1n) is 13.2. The normalized spacial score (nSPS) is 11.0. The Morgan fingerprint density at radius 3 is 1.36 bits per heavy atom. The van der Waals surface area contributed by atoms with Crippen LogP contribution in [-0.4, -0.2) is 25.0 Å². The van der Waals surface area contributed by atoms with Crippen LogP contribution >= 0.6 is 15.9 Å². The number of aromatic nitrogens is 4. The fraction of sp³-hybridized carbons (Fsp3) is 0.0606. The van der Waals surface area contributed by atoms with Gasteiger partial charge in [-0.25, -0.2) is 27.5 Å². The lowest BCUT2D eigenvalue weighted by Gasteiger charge is -2.08. The molecule has 0 bridgehead atoms. The first-order chi connectivity index (χ1) is 21.2. The average molecular weight is 662 g/mol. The molecule has 44 heavy (non-hydrogen) atoms. The molecule has 0 radical (unpaired) electrons. The highest BCUT2D eigenvalue weighted by Crippen LogP contribution is 2.29. The van der Waals surface area contributed by atoms with E-state index in [0.717, 1.165) is 21.3 Å². The van der Waals surface area contributed by atoms with Crippen molar-refractivity contribution in [1.29, 1.82) is 0 Å². The minimum Gasteiger partial charge on any atom is -0.366 e. The van der Waals surface area contributed by atoms with Gasteiger partial charge >= 0.3 is 0 Å². The fourth-order valence-electron chi connectivity index (χ4n) is 4.37. The molecule has 0 atom stereocenters. The summed E-state index contributed by atoms with van der Waals surface area (Å²) in [5, 5.41) is 0. The van der Waals surface area contributed by atoms with Crippen molar-refractivity contribution in [3.8, 4) is 34.2 Å². The summed E-state index contributed by atoms with van der Waals surface area (Å²) in [6, 6.07) is 32.2. The quantitative estimate of drug-likeness (QED) is 0.174. The van der Waals surface area contributed by atoms with Gasteiger partial charge in [-0.3, -0.25) is 13.9 Å². The lowest BCUT2D eigenvalue weighted by molar-refractivity contribution is 0.1000. The van der Waals surface area contributed by atoms with Gasteiger partial charge in [-0.2, -0.15) is 0 Å². The van der Waals surface area contributed by atoms with Crippen LogP contribution in [0.4, 0.5) is 17.6 Å². The summed E-state index contributed by atoms with van der Waals surface area (Å²) in [7, 11) is 0. The molecule has 0 aliphatic heterocycles. The van der Waals surface area contributed by atoms with Crippen LogP contribution in [0.3, 0.4) is 0 Å². The first-order valence-corrected chi connectivity index (χ1v) is 14.0. The van der Waals surface area contributed by atoms with Crippen molar-refractivity contribution >= 4 is 21.8 Å². The van der Waals surface area contributed by atoms with Gasteiger partial charge in [0.05, 0.1) is 0 Å². The van der Waals surface area contributed by atoms with Crippen molar-refractivity contribution in [2.24, 2.45) is 5.73 Å². The van der Waals surface area contributed by atoms with Gasteiger partial charge in [-0.05, 0) is 48.5 Å². The van der Waals surface area contributed by atoms with Gasteiger partial charge in [0.15, 0.2) is 0 Å². The monoisotopic (exact) mass is 661 g/mol. The van der Waals surface area contributed by atoms with Crippen molar-refractivity contribution in [3.63, 3.8) is 0 Å². The van der Waals surface area contributed by atoms with Crippen molar-refractivity contribution in [3.05, 3.63) is 143 Å². The van der Waals surface area contributed by atoms with Gasteiger partial charge in [-0.1, -0.05) is 76.6 Å². The molecule has 2 N–H and O–H groups in total. The molecule has 0 aliphatic rings. The maximum Gasteiger partial charge on any atom is 0.281 e. The van der Waals surface area contributed by atoms with E-state index in [0.29, 0.717) is 22.9 Å². The highest BCUT2D eigenvalue weighted by molar-refractivity contribution is 9.10. The largest absolute Gasteiger partial charge is 0.366 e. The number of amides is 1. The Balaban J connectivity index is 0.000000175. The summed E-state index contributed by atoms with van der Waals surface area (Å²) < 4.78 is 56.2. The van der Waals surface area contributed by atoms with Crippen molar-refractivity contribution in [2.75, 3.05) is 0 Å². The van der Waals surface area contributed by atoms with Gasteiger partial charge in [0.2, 0.25) is 5.91 Å². The van der Waals surface area contributed by atoms with Crippen LogP contribution in [0.15, 0.2) is 126 Å². The maximum atomic E-state index is 13.0. The van der Waals surface area contributed by atoms with E-state index in [4.69, 9.17) is 5.73 Å². The molecule has 0 saturated heterocycles. The number of alkyl halides is 4. The van der Waals surface area contributed by atoms with E-state index in [2.05, 4.69) is 25.9 Å². The topological polar surface area (TPSA) is 78.7 Å². The van der Waals surface area contributed by atoms with E-state index in [1.165, 1.54) is 12.4 Å². The van der Waals surface area contributed by atoms with Crippen molar-refractivity contribution in [2.45, 2.75) is 12.9 Å². The number of nitrogens with two attached hydrogens (primary N) is 1. The molecule has 222 valence electrons. The minimum atomic E-state index is -2.66. The number of benzene rings is 4. The van der Waals surface area contributed by atoms with Crippen LogP contribution in [-0.2, 0) is 0 Å². The van der Waals surface area contributed by atoms with E-state index in [1.54, 1.807) is 45.5 Å². The van der Waals surface area contributed by atoms with Crippen molar-refractivity contribution < 1.29 is 22.4 Å². The molecule has 0 aliphatic carbocycles. The zero-order valence-corrected chi connectivity index (χ0v) is 24.5. The third-order valence-corrected chi connectivity index (χ3v) is 7.02. The van der Waals surface area contributed by atoms with Gasteiger partial charge in [0, 0.05) is 44.9 Å². The Kier molecular flexibility index (Phi) is 9.35. The SMILES string of the molecule is FC(F)c1cn(-c2ccc(Br)cc2)c(-c2ccccc2)n1.NC(=O)c1ccc(-n2cc(C(F)F)nc2-c2ccccc2)cc1. The number of halogens is 5. The van der Waals surface area contributed by atoms with Gasteiger partial charge < -0.3 is 5.73 Å². The van der Waals surface area contributed by atoms with Gasteiger partial charge in [0.1, 0.15) is 23.0 Å². The number of hydrogen-bond donors (Lipinski definition) is 1. The average Bonchev–Trinajstić information content (AvgIpc) is 3.69. The lowest BCUT2D eigenvalue weighted by atomic mass is 10.2. The zero-order valence-electron chi connectivity index (χ0n) is 22.9. The molecule has 11 heteroatoms. The van der Waals surface area contributed by atoms with E-state index < -0.39 is 18.8 Å². The van der Waals surface area contributed by atoms with E-state index in [1.807, 2.05) is 72.8 Å². The molecule has 6 nitrogen and oxygen atoms in total. The van der Waals surface area contributed by atoms with Crippen LogP contribution in [0.2, 0.25) is 0 Å². The summed E-state index contributed by atoms with van der Waals surface area (Å²) in [5.41, 5.74) is 7.96. The molecular weight excluding hydrogens is 638 g/mol. The number of rotatable bonds is 7. The van der Waals surface area contributed by atoms with Crippen LogP contribution in [0.25, 0.3) is 34.2 Å². The molecule has 1 amide bonds. The van der Waals surface area contributed by atoms with Crippen molar-refractivity contribution in [1.82, 2.24) is 19.1 Å². The van der Waals surface area contributed by atoms with Gasteiger partial charge in [-0.15, -0.1) is 0 Å². The van der Waals surface area contributed by atoms with E-state index in [-0.39, 0.29) is 11.4 Å². The third-order valence-electron chi connectivity index (χ3n) is 6.50. The molecule has 4 aromatic carbocycles. The highest BCUT2D eigenvalue weighted by Gasteiger charge is 2.19. The Hall–Kier alpha value is -5.03. The summed E-state index contributed by atoms with van der Waals surface area (Å²) in [4.78, 5) is 19.2. The van der Waals surface area contributed by atoms with Crippen LogP contribution in [0.5, 0.6) is 0 Å². The fourth-order valence-corrected chi connectivity index (χ4v) is 4.63.